The van der Waals surface area contributed by atoms with E-state index in [-0.39, 0.29) is 12.1 Å². The van der Waals surface area contributed by atoms with Crippen LogP contribution in [0.1, 0.15) is 264 Å². The Hall–Kier alpha value is -1.06. The normalized spacial score (nSPS) is 12.0. The van der Waals surface area contributed by atoms with Gasteiger partial charge in [-0.1, -0.05) is 219 Å². The maximum atomic E-state index is 12.4. The van der Waals surface area contributed by atoms with Gasteiger partial charge in [-0.05, 0) is 32.1 Å². The molecule has 0 aromatic rings. The minimum Gasteiger partial charge on any atom is -0.481 e. The summed E-state index contributed by atoms with van der Waals surface area (Å²) >= 11 is 0. The molecule has 0 spiro atoms. The molecule has 286 valence electrons. The van der Waals surface area contributed by atoms with Crippen molar-refractivity contribution in [3.8, 4) is 0 Å². The van der Waals surface area contributed by atoms with Crippen LogP contribution in [0.15, 0.2) is 0 Å². The fourth-order valence-corrected chi connectivity index (χ4v) is 7.06. The van der Waals surface area contributed by atoms with Gasteiger partial charge in [0.25, 0.3) is 0 Å². The molecule has 1 atom stereocenters. The molecule has 0 saturated carbocycles. The third-order valence-corrected chi connectivity index (χ3v) is 10.4. The standard InChI is InChI=1S/C44H86O4/c1-3-5-6-7-8-9-10-11-12-13-14-15-16-17-18-23-26-29-32-35-38-41-44(47)48-42(4-2)39-36-33-30-27-24-21-19-20-22-25-28-31-34-37-40-43(45)46/h42H,3-41H2,1-2H3,(H,45,46). The van der Waals surface area contributed by atoms with E-state index in [1.54, 1.807) is 0 Å². The number of unbranched alkanes of at least 4 members (excludes halogenated alkanes) is 33. The zero-order chi connectivity index (χ0) is 35.0. The van der Waals surface area contributed by atoms with E-state index in [9.17, 15) is 9.59 Å². The molecule has 4 nitrogen and oxygen atoms in total. The first-order valence-electron chi connectivity index (χ1n) is 22.0. The lowest BCUT2D eigenvalue weighted by Crippen LogP contribution is -2.17. The fourth-order valence-electron chi connectivity index (χ4n) is 7.06. The largest absolute Gasteiger partial charge is 0.481 e. The molecule has 4 heteroatoms. The first kappa shape index (κ1) is 46.9. The lowest BCUT2D eigenvalue weighted by molar-refractivity contribution is -0.149. The number of carbonyl (C=O) groups is 2. The highest BCUT2D eigenvalue weighted by Crippen LogP contribution is 2.18. The number of carboxylic acid groups (broad SMARTS) is 1. The number of ether oxygens (including phenoxy) is 1. The average Bonchev–Trinajstić information content (AvgIpc) is 3.08. The molecule has 0 heterocycles. The van der Waals surface area contributed by atoms with E-state index in [0.717, 1.165) is 32.1 Å². The topological polar surface area (TPSA) is 63.6 Å². The molecule has 0 amide bonds. The molecule has 1 N–H and O–H groups in total. The van der Waals surface area contributed by atoms with Crippen molar-refractivity contribution in [2.24, 2.45) is 0 Å². The van der Waals surface area contributed by atoms with Gasteiger partial charge in [-0.15, -0.1) is 0 Å². The van der Waals surface area contributed by atoms with Gasteiger partial charge >= 0.3 is 11.9 Å². The zero-order valence-electron chi connectivity index (χ0n) is 32.8. The lowest BCUT2D eigenvalue weighted by Gasteiger charge is -2.16. The number of hydrogen-bond donors (Lipinski definition) is 1. The van der Waals surface area contributed by atoms with Crippen molar-refractivity contribution in [2.75, 3.05) is 0 Å². The monoisotopic (exact) mass is 679 g/mol. The van der Waals surface area contributed by atoms with E-state index in [2.05, 4.69) is 13.8 Å². The van der Waals surface area contributed by atoms with Gasteiger partial charge < -0.3 is 9.84 Å². The van der Waals surface area contributed by atoms with E-state index in [0.29, 0.717) is 12.8 Å². The van der Waals surface area contributed by atoms with Crippen molar-refractivity contribution in [1.29, 1.82) is 0 Å². The van der Waals surface area contributed by atoms with Crippen LogP contribution in [0.4, 0.5) is 0 Å². The Morgan fingerprint density at radius 1 is 0.396 bits per heavy atom. The van der Waals surface area contributed by atoms with Crippen molar-refractivity contribution < 1.29 is 19.4 Å². The molecule has 0 saturated heterocycles. The van der Waals surface area contributed by atoms with Crippen molar-refractivity contribution >= 4 is 11.9 Å². The highest BCUT2D eigenvalue weighted by Gasteiger charge is 2.12. The van der Waals surface area contributed by atoms with Crippen molar-refractivity contribution in [2.45, 2.75) is 270 Å². The molecule has 0 radical (unpaired) electrons. The Morgan fingerprint density at radius 2 is 0.667 bits per heavy atom. The van der Waals surface area contributed by atoms with Crippen LogP contribution < -0.4 is 0 Å². The minimum absolute atomic E-state index is 0.0258. The van der Waals surface area contributed by atoms with Gasteiger partial charge in [0.05, 0.1) is 0 Å². The zero-order valence-corrected chi connectivity index (χ0v) is 32.8. The number of hydrogen-bond acceptors (Lipinski definition) is 3. The smallest absolute Gasteiger partial charge is 0.306 e. The first-order valence-corrected chi connectivity index (χ1v) is 22.0. The van der Waals surface area contributed by atoms with Crippen LogP contribution in [-0.4, -0.2) is 23.1 Å². The number of esters is 1. The predicted octanol–water partition coefficient (Wildman–Crippen LogP) is 15.2. The molecular formula is C44H86O4. The highest BCUT2D eigenvalue weighted by atomic mass is 16.5. The van der Waals surface area contributed by atoms with Gasteiger partial charge in [0.15, 0.2) is 0 Å². The van der Waals surface area contributed by atoms with Gasteiger partial charge in [0, 0.05) is 12.8 Å². The maximum Gasteiger partial charge on any atom is 0.306 e. The average molecular weight is 679 g/mol. The van der Waals surface area contributed by atoms with Crippen LogP contribution in [0.25, 0.3) is 0 Å². The van der Waals surface area contributed by atoms with Gasteiger partial charge in [-0.2, -0.15) is 0 Å². The van der Waals surface area contributed by atoms with Gasteiger partial charge in [0.1, 0.15) is 6.10 Å². The molecule has 0 bridgehead atoms. The Morgan fingerprint density at radius 3 is 0.958 bits per heavy atom. The molecule has 0 aliphatic heterocycles. The van der Waals surface area contributed by atoms with Gasteiger partial charge in [0.2, 0.25) is 0 Å². The number of aliphatic carboxylic acids is 1. The quantitative estimate of drug-likeness (QED) is 0.0516. The SMILES string of the molecule is CCCCCCCCCCCCCCCCCCCCCCCC(=O)OC(CC)CCCCCCCCCCCCCCCCC(=O)O. The third-order valence-electron chi connectivity index (χ3n) is 10.4. The molecular weight excluding hydrogens is 592 g/mol. The molecule has 0 rings (SSSR count). The van der Waals surface area contributed by atoms with Gasteiger partial charge in [-0.3, -0.25) is 9.59 Å². The summed E-state index contributed by atoms with van der Waals surface area (Å²) in [6.07, 6.45) is 49.5. The molecule has 0 aromatic heterocycles. The Balaban J connectivity index is 3.35. The Bertz CT molecular complexity index is 648. The minimum atomic E-state index is -0.665. The molecule has 0 aliphatic rings. The molecule has 48 heavy (non-hydrogen) atoms. The predicted molar refractivity (Wildman–Crippen MR) is 209 cm³/mol. The van der Waals surface area contributed by atoms with Crippen molar-refractivity contribution in [3.63, 3.8) is 0 Å². The summed E-state index contributed by atoms with van der Waals surface area (Å²) in [5.74, 6) is -0.639. The van der Waals surface area contributed by atoms with Crippen LogP contribution in [0.5, 0.6) is 0 Å². The summed E-state index contributed by atoms with van der Waals surface area (Å²) in [6.45, 7) is 4.44. The second kappa shape index (κ2) is 40.4. The molecule has 1 unspecified atom stereocenters. The van der Waals surface area contributed by atoms with Crippen molar-refractivity contribution in [3.05, 3.63) is 0 Å². The van der Waals surface area contributed by atoms with Crippen LogP contribution in [0, 0.1) is 0 Å². The summed E-state index contributed by atoms with van der Waals surface area (Å²) in [6, 6.07) is 0. The van der Waals surface area contributed by atoms with Gasteiger partial charge in [-0.25, -0.2) is 0 Å². The third kappa shape index (κ3) is 39.4. The molecule has 0 fully saturated rings. The van der Waals surface area contributed by atoms with E-state index in [4.69, 9.17) is 9.84 Å². The van der Waals surface area contributed by atoms with E-state index in [1.807, 2.05) is 0 Å². The lowest BCUT2D eigenvalue weighted by atomic mass is 10.0. The molecule has 0 aliphatic carbocycles. The summed E-state index contributed by atoms with van der Waals surface area (Å²) in [5, 5.41) is 8.66. The number of carbonyl (C=O) groups excluding carboxylic acids is 1. The van der Waals surface area contributed by atoms with Crippen LogP contribution in [0.3, 0.4) is 0 Å². The second-order valence-electron chi connectivity index (χ2n) is 15.2. The van der Waals surface area contributed by atoms with Crippen LogP contribution in [0.2, 0.25) is 0 Å². The highest BCUT2D eigenvalue weighted by molar-refractivity contribution is 5.69. The Labute approximate surface area is 301 Å². The van der Waals surface area contributed by atoms with E-state index in [1.165, 1.54) is 205 Å². The fraction of sp³-hybridized carbons (Fsp3) is 0.955. The van der Waals surface area contributed by atoms with E-state index < -0.39 is 5.97 Å². The number of rotatable bonds is 41. The van der Waals surface area contributed by atoms with E-state index >= 15 is 0 Å². The van der Waals surface area contributed by atoms with Crippen LogP contribution >= 0.6 is 0 Å². The summed E-state index contributed by atoms with van der Waals surface area (Å²) in [4.78, 5) is 22.9. The van der Waals surface area contributed by atoms with Crippen molar-refractivity contribution in [1.82, 2.24) is 0 Å². The maximum absolute atomic E-state index is 12.4. The second-order valence-corrected chi connectivity index (χ2v) is 15.2. The Kier molecular flexibility index (Phi) is 39.5. The summed E-state index contributed by atoms with van der Waals surface area (Å²) in [5.41, 5.74) is 0. The van der Waals surface area contributed by atoms with Crippen LogP contribution in [-0.2, 0) is 14.3 Å². The summed E-state index contributed by atoms with van der Waals surface area (Å²) in [7, 11) is 0. The summed E-state index contributed by atoms with van der Waals surface area (Å²) < 4.78 is 5.81. The molecule has 0 aromatic carbocycles. The number of carboxylic acids is 1. The first-order chi connectivity index (χ1) is 23.6.